The van der Waals surface area contributed by atoms with Crippen LogP contribution in [-0.4, -0.2) is 198 Å². The molecule has 5 aliphatic rings. The van der Waals surface area contributed by atoms with E-state index in [1.165, 1.54) is 20.9 Å². The molecule has 5 rings (SSSR count). The van der Waals surface area contributed by atoms with E-state index >= 15 is 0 Å². The number of fused-ring (bicyclic) bond motifs is 2. The Kier molecular flexibility index (Phi) is 47.1. The van der Waals surface area contributed by atoms with Gasteiger partial charge in [-0.1, -0.05) is 34.6 Å². The molecule has 5 aliphatic heterocycles. The Balaban J connectivity index is -0.000000149. The number of nitrogens with one attached hydrogen (secondary N) is 7. The third-order valence-electron chi connectivity index (χ3n) is 12.1. The van der Waals surface area contributed by atoms with Crippen molar-refractivity contribution in [2.75, 3.05) is 61.0 Å². The summed E-state index contributed by atoms with van der Waals surface area (Å²) in [6.45, 7) is 26.6. The predicted octanol–water partition coefficient (Wildman–Crippen LogP) is -1.67. The molecule has 5 fully saturated rings. The standard InChI is InChI=1S/2C11H18N3O2.C5H11N3O.C5H11NO3.C5H7O.C4H5O.C2H3F3N2O.C2H4O.4Y/c1-8-5-13-6-10(2,12-4)9(16)14(13)11(8,3)7-15;1-8-5-10(2,7-15)14-9(16)11(3,12-4)6-13(8)14;1-5(6-2)3-7-8-4(5)9;1-5(3-7,6-2)4(8)9;1-3-5(2)4-6;1-4(2)3-5;3-2(4,5)1(8)7-6;1-2-3;;;;/h2*8,12H,5-6H2,1-4H3;2*6-7H,3H2,1-2H3,(H,8,9);3H,1-2H3;1H2,2H3;6H2,(H,7,8);2H,1H3;;;;/q2*-1;;;2*-1;;;;;;/b;;;;5-3+;;;;;;;. The number of aliphatic hydroxyl groups excluding tert-OH is 1. The number of carbonyl (C=O) groups excluding carboxylic acids is 9. The van der Waals surface area contributed by atoms with Crippen LogP contribution in [0, 0.1) is 5.92 Å². The van der Waals surface area contributed by atoms with Gasteiger partial charge < -0.3 is 55.5 Å². The van der Waals surface area contributed by atoms with E-state index < -0.39 is 57.9 Å². The number of likely N-dealkylation sites (N-methyl/N-ethyl adjacent to an activating group) is 4. The van der Waals surface area contributed by atoms with E-state index in [1.807, 2.05) is 57.2 Å². The SMILES string of the molecule is C/C=C(\C)[C-]=O.C=C(C)[C-]=O.CC=O.CNC(C)(CO)C(=O)O.CNC1(C)CN2C(C)CC(C)([C-]=O)N2C1=O.CNC1(C)CN2CC(C)C(C)([C-]=O)N2C1=O.CNC1(C)CNNC1=O.NNC(=O)C(F)(F)F.[Y].[Y].[Y].[Y]. The summed E-state index contributed by atoms with van der Waals surface area (Å²) >= 11 is 0. The number of allylic oxidation sites excluding steroid dienone is 3. The summed E-state index contributed by atoms with van der Waals surface area (Å²) in [4.78, 5) is 105. The zero-order chi connectivity index (χ0) is 57.4. The van der Waals surface area contributed by atoms with Gasteiger partial charge >= 0.3 is 18.1 Å². The fraction of sp³-hybridized carbons (Fsp3) is 0.689. The molecule has 5 heterocycles. The van der Waals surface area contributed by atoms with E-state index in [2.05, 4.69) is 44.5 Å². The molecule has 76 heavy (non-hydrogen) atoms. The molecule has 8 unspecified atom stereocenters. The van der Waals surface area contributed by atoms with Crippen LogP contribution in [0.1, 0.15) is 89.5 Å². The van der Waals surface area contributed by atoms with Crippen LogP contribution in [0.3, 0.4) is 0 Å². The summed E-state index contributed by atoms with van der Waals surface area (Å²) in [6.07, 6.45) is 5.62. The fourth-order valence-electron chi connectivity index (χ4n) is 6.38. The van der Waals surface area contributed by atoms with Gasteiger partial charge in [-0.25, -0.2) is 46.5 Å². The number of nitrogens with two attached hydrogens (primary N) is 1. The van der Waals surface area contributed by atoms with Gasteiger partial charge in [0.15, 0.2) is 0 Å². The molecule has 0 aromatic rings. The number of alkyl halides is 3. The summed E-state index contributed by atoms with van der Waals surface area (Å²) in [5, 5.41) is 35.5. The third kappa shape index (κ3) is 25.4. The van der Waals surface area contributed by atoms with E-state index in [-0.39, 0.29) is 161 Å². The second-order valence-electron chi connectivity index (χ2n) is 18.0. The molecule has 0 aliphatic carbocycles. The number of nitrogens with zero attached hydrogens (tertiary/aromatic N) is 4. The molecule has 0 saturated carbocycles. The predicted molar refractivity (Wildman–Crippen MR) is 260 cm³/mol. The summed E-state index contributed by atoms with van der Waals surface area (Å²) in [7, 11) is 6.80. The molecule has 0 aromatic carbocycles. The van der Waals surface area contributed by atoms with Crippen molar-refractivity contribution < 1.29 is 202 Å². The minimum atomic E-state index is -4.87. The monoisotopic (exact) mass is 1390 g/mol. The van der Waals surface area contributed by atoms with Crippen molar-refractivity contribution in [3.63, 3.8) is 0 Å². The number of rotatable bonds is 10. The minimum Gasteiger partial charge on any atom is -0.540 e. The van der Waals surface area contributed by atoms with Crippen molar-refractivity contribution in [2.24, 2.45) is 11.8 Å². The summed E-state index contributed by atoms with van der Waals surface area (Å²) < 4.78 is 32.9. The minimum absolute atomic E-state index is 0. The molecule has 0 aromatic heterocycles. The van der Waals surface area contributed by atoms with Gasteiger partial charge in [0, 0.05) is 163 Å². The van der Waals surface area contributed by atoms with Crippen molar-refractivity contribution in [3.05, 3.63) is 23.8 Å². The Morgan fingerprint density at radius 2 is 1.28 bits per heavy atom. The van der Waals surface area contributed by atoms with Gasteiger partial charge in [-0.05, 0) is 106 Å². The molecule has 4 amide bonds. The van der Waals surface area contributed by atoms with Crippen LogP contribution in [0.5, 0.6) is 0 Å². The maximum absolute atomic E-state index is 12.3. The van der Waals surface area contributed by atoms with Crippen LogP contribution >= 0.6 is 0 Å². The summed E-state index contributed by atoms with van der Waals surface area (Å²) in [5.41, 5.74) is 2.91. The number of carboxylic acids is 1. The van der Waals surface area contributed by atoms with E-state index in [4.69, 9.17) is 15.0 Å². The Morgan fingerprint density at radius 3 is 1.51 bits per heavy atom. The molecule has 11 N–H and O–H groups in total. The number of carboxylic acid groups (broad SMARTS) is 1. The van der Waals surface area contributed by atoms with E-state index in [0.29, 0.717) is 37.2 Å². The first-order chi connectivity index (χ1) is 33.0. The molecule has 0 bridgehead atoms. The largest absolute Gasteiger partial charge is 0.540 e. The van der Waals surface area contributed by atoms with Crippen LogP contribution in [0.25, 0.3) is 0 Å². The molecule has 5 saturated heterocycles. The Labute approximate surface area is 546 Å². The molecule has 8 atom stereocenters. The first-order valence-corrected chi connectivity index (χ1v) is 22.1. The van der Waals surface area contributed by atoms with Gasteiger partial charge in [0.05, 0.1) is 6.61 Å². The number of hydrazine groups is 4. The molecular formula is C45H77F3N12O12Y4-4. The van der Waals surface area contributed by atoms with Crippen molar-refractivity contribution in [2.45, 2.75) is 135 Å². The number of aliphatic hydroxyl groups is 1. The van der Waals surface area contributed by atoms with Crippen LogP contribution in [-0.2, 0) is 179 Å². The number of amides is 4. The fourth-order valence-corrected chi connectivity index (χ4v) is 6.38. The van der Waals surface area contributed by atoms with Gasteiger partial charge in [-0.2, -0.15) is 24.3 Å². The van der Waals surface area contributed by atoms with Crippen LogP contribution in [0.2, 0.25) is 0 Å². The Morgan fingerprint density at radius 1 is 0.842 bits per heavy atom. The molecule has 426 valence electrons. The molecule has 0 spiro atoms. The molecular weight excluding hydrogens is 1310 g/mol. The average Bonchev–Trinajstić information content (AvgIpc) is 4.07. The first kappa shape index (κ1) is 88.8. The Hall–Kier alpha value is -0.974. The van der Waals surface area contributed by atoms with Gasteiger partial charge in [0.2, 0.25) is 0 Å². The maximum Gasteiger partial charge on any atom is 0.472 e. The summed E-state index contributed by atoms with van der Waals surface area (Å²) in [5.74, 6) is 1.00. The number of carbonyl (C=O) groups is 6. The second kappa shape index (κ2) is 40.3. The number of aldehydes is 1. The second-order valence-corrected chi connectivity index (χ2v) is 18.0. The van der Waals surface area contributed by atoms with E-state index in [9.17, 15) is 56.3 Å². The summed E-state index contributed by atoms with van der Waals surface area (Å²) in [6, 6.07) is 0.200. The number of halogens is 3. The molecule has 31 heteroatoms. The van der Waals surface area contributed by atoms with E-state index in [0.717, 1.165) is 18.3 Å². The third-order valence-corrected chi connectivity index (χ3v) is 12.1. The quantitative estimate of drug-likeness (QED) is 0.0292. The normalized spacial score (nSPS) is 27.2. The average molecular weight is 1390 g/mol. The maximum atomic E-state index is 12.3. The van der Waals surface area contributed by atoms with E-state index in [1.54, 1.807) is 84.4 Å². The van der Waals surface area contributed by atoms with Gasteiger partial charge in [0.1, 0.15) is 28.4 Å². The molecule has 24 nitrogen and oxygen atoms in total. The topological polar surface area (TPSA) is 334 Å². The zero-order valence-corrected chi connectivity index (χ0v) is 57.9. The van der Waals surface area contributed by atoms with Gasteiger partial charge in [-0.3, -0.25) is 44.8 Å². The van der Waals surface area contributed by atoms with Crippen LogP contribution < -0.4 is 43.4 Å². The van der Waals surface area contributed by atoms with Crippen molar-refractivity contribution in [3.8, 4) is 0 Å². The number of aliphatic carboxylic acids is 1. The van der Waals surface area contributed by atoms with Crippen LogP contribution in [0.4, 0.5) is 13.2 Å². The number of hydrogen-bond acceptors (Lipinski definition) is 19. The zero-order valence-electron chi connectivity index (χ0n) is 46.5. The van der Waals surface area contributed by atoms with Crippen molar-refractivity contribution in [1.82, 2.24) is 57.6 Å². The smallest absolute Gasteiger partial charge is 0.472 e. The van der Waals surface area contributed by atoms with Gasteiger partial charge in [-0.15, -0.1) is 6.92 Å². The van der Waals surface area contributed by atoms with Crippen molar-refractivity contribution in [1.29, 1.82) is 0 Å². The van der Waals surface area contributed by atoms with Crippen LogP contribution in [0.15, 0.2) is 23.8 Å². The Bertz CT molecular complexity index is 1920. The number of hydrogen-bond donors (Lipinski definition) is 10. The van der Waals surface area contributed by atoms with Gasteiger partial charge in [0.25, 0.3) is 17.7 Å². The van der Waals surface area contributed by atoms with Crippen molar-refractivity contribution >= 4 is 61.0 Å². The first-order valence-electron chi connectivity index (χ1n) is 22.1. The molecule has 4 radical (unpaired) electrons.